The quantitative estimate of drug-likeness (QED) is 0.339. The van der Waals surface area contributed by atoms with Crippen LogP contribution in [-0.2, 0) is 22.8 Å². The number of hydrogen-bond donors (Lipinski definition) is 0. The Morgan fingerprint density at radius 3 is 2.53 bits per heavy atom. The van der Waals surface area contributed by atoms with Crippen molar-refractivity contribution < 1.29 is 8.42 Å². The standard InChI is InChI=1S/C26H25ClN6O2S/c1-2-3-21-14-19(16-33-18-28-17-30-33)4-9-23(21)26-25(20-5-7-22(27)8-6-20)29-15-24(31-26)32-10-12-36(34,35)13-11-32/h2,4-9,14-15,17-18H,1,3,10-13,16H2. The van der Waals surface area contributed by atoms with Crippen LogP contribution in [0, 0.1) is 0 Å². The molecule has 1 saturated heterocycles. The predicted molar refractivity (Wildman–Crippen MR) is 142 cm³/mol. The van der Waals surface area contributed by atoms with Crippen molar-refractivity contribution in [3.05, 3.63) is 90.1 Å². The predicted octanol–water partition coefficient (Wildman–Crippen LogP) is 4.07. The zero-order valence-corrected chi connectivity index (χ0v) is 21.2. The van der Waals surface area contributed by atoms with Gasteiger partial charge in [-0.05, 0) is 29.7 Å². The molecule has 1 fully saturated rings. The van der Waals surface area contributed by atoms with E-state index in [1.807, 2.05) is 35.2 Å². The number of aromatic nitrogens is 5. The summed E-state index contributed by atoms with van der Waals surface area (Å²) >= 11 is 6.13. The van der Waals surface area contributed by atoms with Gasteiger partial charge in [0.2, 0.25) is 0 Å². The highest BCUT2D eigenvalue weighted by atomic mass is 35.5. The maximum Gasteiger partial charge on any atom is 0.153 e. The number of anilines is 1. The first-order chi connectivity index (χ1) is 17.4. The van der Waals surface area contributed by atoms with Crippen molar-refractivity contribution in [2.75, 3.05) is 29.5 Å². The molecule has 0 bridgehead atoms. The van der Waals surface area contributed by atoms with Crippen molar-refractivity contribution in [3.8, 4) is 22.5 Å². The second-order valence-electron chi connectivity index (χ2n) is 8.65. The molecule has 0 aliphatic carbocycles. The minimum atomic E-state index is -3.01. The van der Waals surface area contributed by atoms with Crippen LogP contribution in [0.5, 0.6) is 0 Å². The fourth-order valence-corrected chi connectivity index (χ4v) is 5.61. The molecule has 0 saturated carbocycles. The third-order valence-corrected chi connectivity index (χ3v) is 8.01. The molecule has 184 valence electrons. The van der Waals surface area contributed by atoms with E-state index >= 15 is 0 Å². The minimum absolute atomic E-state index is 0.113. The maximum atomic E-state index is 12.0. The Morgan fingerprint density at radius 1 is 1.06 bits per heavy atom. The minimum Gasteiger partial charge on any atom is -0.353 e. The maximum absolute atomic E-state index is 12.0. The van der Waals surface area contributed by atoms with Gasteiger partial charge in [-0.3, -0.25) is 4.98 Å². The molecule has 10 heteroatoms. The Labute approximate surface area is 215 Å². The van der Waals surface area contributed by atoms with Crippen LogP contribution < -0.4 is 4.90 Å². The van der Waals surface area contributed by atoms with Crippen LogP contribution in [0.15, 0.2) is 74.0 Å². The summed E-state index contributed by atoms with van der Waals surface area (Å²) < 4.78 is 25.7. The first-order valence-electron chi connectivity index (χ1n) is 11.6. The normalized spacial score (nSPS) is 15.1. The summed E-state index contributed by atoms with van der Waals surface area (Å²) in [6, 6.07) is 13.8. The van der Waals surface area contributed by atoms with Gasteiger partial charge < -0.3 is 4.90 Å². The van der Waals surface area contributed by atoms with Crippen LogP contribution >= 0.6 is 11.6 Å². The van der Waals surface area contributed by atoms with E-state index in [2.05, 4.69) is 34.9 Å². The highest BCUT2D eigenvalue weighted by Crippen LogP contribution is 2.34. The average Bonchev–Trinajstić information content (AvgIpc) is 3.38. The Bertz CT molecular complexity index is 1470. The Balaban J connectivity index is 1.60. The van der Waals surface area contributed by atoms with Gasteiger partial charge in [0.1, 0.15) is 18.5 Å². The number of allylic oxidation sites excluding steroid dienone is 1. The molecular weight excluding hydrogens is 496 g/mol. The lowest BCUT2D eigenvalue weighted by molar-refractivity contribution is 0.586. The van der Waals surface area contributed by atoms with Gasteiger partial charge >= 0.3 is 0 Å². The number of rotatable bonds is 7. The van der Waals surface area contributed by atoms with Crippen molar-refractivity contribution in [2.24, 2.45) is 0 Å². The zero-order valence-electron chi connectivity index (χ0n) is 19.6. The first kappa shape index (κ1) is 24.1. The topological polar surface area (TPSA) is 93.9 Å². The molecule has 1 aliphatic rings. The summed E-state index contributed by atoms with van der Waals surface area (Å²) in [5, 5.41) is 4.85. The molecular formula is C26H25ClN6O2S. The van der Waals surface area contributed by atoms with E-state index in [1.54, 1.807) is 17.2 Å². The van der Waals surface area contributed by atoms with Gasteiger partial charge in [-0.25, -0.2) is 23.1 Å². The van der Waals surface area contributed by atoms with Gasteiger partial charge in [0.15, 0.2) is 9.84 Å². The molecule has 1 aliphatic heterocycles. The molecule has 0 N–H and O–H groups in total. The monoisotopic (exact) mass is 520 g/mol. The SMILES string of the molecule is C=CCc1cc(Cn2cncn2)ccc1-c1nc(N2CCS(=O)(=O)CC2)cnc1-c1ccc(Cl)cc1. The fourth-order valence-electron chi connectivity index (χ4n) is 4.28. The summed E-state index contributed by atoms with van der Waals surface area (Å²) in [7, 11) is -3.01. The summed E-state index contributed by atoms with van der Waals surface area (Å²) in [5.41, 5.74) is 5.44. The largest absolute Gasteiger partial charge is 0.353 e. The Hall–Kier alpha value is -3.56. The van der Waals surface area contributed by atoms with Gasteiger partial charge in [0.05, 0.1) is 35.6 Å². The van der Waals surface area contributed by atoms with Gasteiger partial charge in [0.25, 0.3) is 0 Å². The molecule has 0 radical (unpaired) electrons. The summed E-state index contributed by atoms with van der Waals surface area (Å²) in [5.74, 6) is 0.886. The van der Waals surface area contributed by atoms with Crippen LogP contribution in [0.4, 0.5) is 5.82 Å². The van der Waals surface area contributed by atoms with Crippen LogP contribution in [-0.4, -0.2) is 57.7 Å². The molecule has 3 heterocycles. The Kier molecular flexibility index (Phi) is 6.84. The molecule has 36 heavy (non-hydrogen) atoms. The molecule has 0 amide bonds. The number of hydrogen-bond acceptors (Lipinski definition) is 7. The van der Waals surface area contributed by atoms with Gasteiger partial charge in [0, 0.05) is 29.2 Å². The van der Waals surface area contributed by atoms with E-state index in [1.165, 1.54) is 6.33 Å². The second-order valence-corrected chi connectivity index (χ2v) is 11.4. The molecule has 0 spiro atoms. The van der Waals surface area contributed by atoms with Crippen molar-refractivity contribution in [3.63, 3.8) is 0 Å². The van der Waals surface area contributed by atoms with Crippen molar-refractivity contribution in [1.29, 1.82) is 0 Å². The van der Waals surface area contributed by atoms with E-state index in [9.17, 15) is 8.42 Å². The van der Waals surface area contributed by atoms with Crippen LogP contribution in [0.1, 0.15) is 11.1 Å². The summed E-state index contributed by atoms with van der Waals surface area (Å²) in [6.07, 6.45) is 7.44. The number of benzene rings is 2. The van der Waals surface area contributed by atoms with E-state index < -0.39 is 9.84 Å². The zero-order chi connectivity index (χ0) is 25.1. The van der Waals surface area contributed by atoms with Crippen LogP contribution in [0.3, 0.4) is 0 Å². The highest BCUT2D eigenvalue weighted by Gasteiger charge is 2.24. The van der Waals surface area contributed by atoms with E-state index in [0.29, 0.717) is 36.9 Å². The fraction of sp³-hybridized carbons (Fsp3) is 0.231. The Morgan fingerprint density at radius 2 is 1.83 bits per heavy atom. The van der Waals surface area contributed by atoms with Gasteiger partial charge in [-0.2, -0.15) is 5.10 Å². The summed E-state index contributed by atoms with van der Waals surface area (Å²) in [6.45, 7) is 5.34. The first-order valence-corrected chi connectivity index (χ1v) is 13.8. The lowest BCUT2D eigenvalue weighted by Gasteiger charge is -2.28. The molecule has 0 atom stereocenters. The van der Waals surface area contributed by atoms with Crippen molar-refractivity contribution >= 4 is 27.3 Å². The molecule has 8 nitrogen and oxygen atoms in total. The van der Waals surface area contributed by atoms with Crippen LogP contribution in [0.2, 0.25) is 5.02 Å². The number of nitrogens with zero attached hydrogens (tertiary/aromatic N) is 6. The molecule has 5 rings (SSSR count). The second kappa shape index (κ2) is 10.2. The lowest BCUT2D eigenvalue weighted by Crippen LogP contribution is -2.40. The van der Waals surface area contributed by atoms with Crippen molar-refractivity contribution in [1.82, 2.24) is 24.7 Å². The number of halogens is 1. The third-order valence-electron chi connectivity index (χ3n) is 6.15. The lowest BCUT2D eigenvalue weighted by atomic mass is 9.95. The van der Waals surface area contributed by atoms with E-state index in [-0.39, 0.29) is 11.5 Å². The highest BCUT2D eigenvalue weighted by molar-refractivity contribution is 7.91. The molecule has 2 aromatic carbocycles. The average molecular weight is 521 g/mol. The summed E-state index contributed by atoms with van der Waals surface area (Å²) in [4.78, 5) is 15.8. The van der Waals surface area contributed by atoms with Gasteiger partial charge in [-0.15, -0.1) is 6.58 Å². The van der Waals surface area contributed by atoms with Crippen LogP contribution in [0.25, 0.3) is 22.5 Å². The molecule has 0 unspecified atom stereocenters. The van der Waals surface area contributed by atoms with Gasteiger partial charge in [-0.1, -0.05) is 48.0 Å². The van der Waals surface area contributed by atoms with E-state index in [4.69, 9.17) is 21.6 Å². The molecule has 2 aromatic heterocycles. The van der Waals surface area contributed by atoms with E-state index in [0.717, 1.165) is 33.6 Å². The number of sulfone groups is 1. The third kappa shape index (κ3) is 5.32. The molecule has 4 aromatic rings. The smallest absolute Gasteiger partial charge is 0.153 e. The van der Waals surface area contributed by atoms with Crippen molar-refractivity contribution in [2.45, 2.75) is 13.0 Å².